The zero-order valence-corrected chi connectivity index (χ0v) is 12.0. The van der Waals surface area contributed by atoms with Crippen molar-refractivity contribution in [1.82, 2.24) is 10.2 Å². The maximum atomic E-state index is 11.9. The molecule has 0 aliphatic carbocycles. The van der Waals surface area contributed by atoms with E-state index in [1.54, 1.807) is 0 Å². The Hall–Kier alpha value is 0.01000. The van der Waals surface area contributed by atoms with Gasteiger partial charge in [0.15, 0.2) is 0 Å². The van der Waals surface area contributed by atoms with Crippen LogP contribution in [0.15, 0.2) is 0 Å². The molecule has 17 heavy (non-hydrogen) atoms. The summed E-state index contributed by atoms with van der Waals surface area (Å²) in [4.78, 5) is 14.0. The fourth-order valence-electron chi connectivity index (χ4n) is 2.64. The topological polar surface area (TPSA) is 32.3 Å². The van der Waals surface area contributed by atoms with E-state index in [2.05, 4.69) is 10.2 Å². The number of amides is 1. The molecule has 0 aromatic rings. The third kappa shape index (κ3) is 5.45. The number of nitrogens with zero attached hydrogens (tertiary/aromatic N) is 1. The van der Waals surface area contributed by atoms with Crippen molar-refractivity contribution in [3.63, 3.8) is 0 Å². The van der Waals surface area contributed by atoms with Gasteiger partial charge in [0.1, 0.15) is 0 Å². The first-order chi connectivity index (χ1) is 7.36. The second kappa shape index (κ2) is 9.01. The number of carbonyl (C=O) groups excluding carboxylic acids is 1. The Bertz CT molecular complexity index is 213. The van der Waals surface area contributed by atoms with E-state index in [1.807, 2.05) is 0 Å². The summed E-state index contributed by atoms with van der Waals surface area (Å²) in [6.45, 7) is 4.24. The van der Waals surface area contributed by atoms with Gasteiger partial charge >= 0.3 is 0 Å². The van der Waals surface area contributed by atoms with Crippen LogP contribution in [-0.4, -0.2) is 37.0 Å². The standard InChI is InChI=1S/C12H22N2O.2ClH/c15-12(14-8-1-2-9-14)10-11-4-3-6-13-7-5-11;;/h11,13H,1-10H2;2*1H. The first kappa shape index (κ1) is 17.0. The molecule has 5 heteroatoms. The van der Waals surface area contributed by atoms with Gasteiger partial charge in [0.05, 0.1) is 0 Å². The molecule has 1 unspecified atom stereocenters. The van der Waals surface area contributed by atoms with Gasteiger partial charge in [-0.2, -0.15) is 0 Å². The van der Waals surface area contributed by atoms with E-state index >= 15 is 0 Å². The number of rotatable bonds is 2. The molecule has 0 spiro atoms. The molecule has 1 atom stereocenters. The van der Waals surface area contributed by atoms with E-state index < -0.39 is 0 Å². The zero-order valence-electron chi connectivity index (χ0n) is 10.3. The third-order valence-electron chi connectivity index (χ3n) is 3.62. The molecular formula is C12H24Cl2N2O. The van der Waals surface area contributed by atoms with Crippen molar-refractivity contribution in [2.45, 2.75) is 38.5 Å². The summed E-state index contributed by atoms with van der Waals surface area (Å²) in [7, 11) is 0. The molecule has 0 bridgehead atoms. The molecule has 2 rings (SSSR count). The van der Waals surface area contributed by atoms with Crippen molar-refractivity contribution in [2.24, 2.45) is 5.92 Å². The van der Waals surface area contributed by atoms with Crippen LogP contribution >= 0.6 is 24.8 Å². The lowest BCUT2D eigenvalue weighted by Crippen LogP contribution is -2.29. The monoisotopic (exact) mass is 282 g/mol. The van der Waals surface area contributed by atoms with Crippen LogP contribution < -0.4 is 5.32 Å². The van der Waals surface area contributed by atoms with Gasteiger partial charge in [-0.1, -0.05) is 0 Å². The van der Waals surface area contributed by atoms with Crippen LogP contribution in [0.1, 0.15) is 38.5 Å². The zero-order chi connectivity index (χ0) is 10.5. The molecule has 2 fully saturated rings. The van der Waals surface area contributed by atoms with Gasteiger partial charge in [-0.25, -0.2) is 0 Å². The molecule has 2 saturated heterocycles. The molecule has 1 N–H and O–H groups in total. The Morgan fingerprint density at radius 1 is 1.06 bits per heavy atom. The van der Waals surface area contributed by atoms with E-state index in [0.29, 0.717) is 11.8 Å². The molecule has 3 nitrogen and oxygen atoms in total. The molecular weight excluding hydrogens is 259 g/mol. The van der Waals surface area contributed by atoms with Crippen LogP contribution in [0.2, 0.25) is 0 Å². The highest BCUT2D eigenvalue weighted by molar-refractivity contribution is 5.85. The average Bonchev–Trinajstić information content (AvgIpc) is 2.65. The fourth-order valence-corrected chi connectivity index (χ4v) is 2.64. The smallest absolute Gasteiger partial charge is 0.222 e. The normalized spacial score (nSPS) is 24.5. The van der Waals surface area contributed by atoms with Crippen molar-refractivity contribution in [2.75, 3.05) is 26.2 Å². The molecule has 0 radical (unpaired) electrons. The summed E-state index contributed by atoms with van der Waals surface area (Å²) in [5, 5.41) is 3.40. The number of halogens is 2. The number of nitrogens with one attached hydrogen (secondary N) is 1. The van der Waals surface area contributed by atoms with Gasteiger partial charge in [0.25, 0.3) is 0 Å². The molecule has 0 aromatic carbocycles. The highest BCUT2D eigenvalue weighted by Crippen LogP contribution is 2.20. The Morgan fingerprint density at radius 3 is 2.47 bits per heavy atom. The molecule has 2 heterocycles. The van der Waals surface area contributed by atoms with Crippen LogP contribution in [0.4, 0.5) is 0 Å². The quantitative estimate of drug-likeness (QED) is 0.843. The minimum absolute atomic E-state index is 0. The Balaban J connectivity index is 0.00000128. The number of hydrogen-bond donors (Lipinski definition) is 1. The van der Waals surface area contributed by atoms with Gasteiger partial charge in [0, 0.05) is 19.5 Å². The third-order valence-corrected chi connectivity index (χ3v) is 3.62. The molecule has 2 aliphatic rings. The summed E-state index contributed by atoms with van der Waals surface area (Å²) in [5.41, 5.74) is 0. The summed E-state index contributed by atoms with van der Waals surface area (Å²) in [6.07, 6.45) is 6.85. The molecule has 2 aliphatic heterocycles. The van der Waals surface area contributed by atoms with E-state index in [1.165, 1.54) is 32.1 Å². The summed E-state index contributed by atoms with van der Waals surface area (Å²) in [6, 6.07) is 0. The van der Waals surface area contributed by atoms with Crippen molar-refractivity contribution in [3.8, 4) is 0 Å². The van der Waals surface area contributed by atoms with Gasteiger partial charge < -0.3 is 10.2 Å². The van der Waals surface area contributed by atoms with Crippen molar-refractivity contribution < 1.29 is 4.79 Å². The fraction of sp³-hybridized carbons (Fsp3) is 0.917. The van der Waals surface area contributed by atoms with E-state index in [9.17, 15) is 4.79 Å². The van der Waals surface area contributed by atoms with E-state index in [-0.39, 0.29) is 24.8 Å². The van der Waals surface area contributed by atoms with Crippen LogP contribution in [0, 0.1) is 5.92 Å². The van der Waals surface area contributed by atoms with Crippen LogP contribution in [0.3, 0.4) is 0 Å². The summed E-state index contributed by atoms with van der Waals surface area (Å²) >= 11 is 0. The molecule has 0 aromatic heterocycles. The second-order valence-corrected chi connectivity index (χ2v) is 4.84. The predicted octanol–water partition coefficient (Wildman–Crippen LogP) is 2.23. The summed E-state index contributed by atoms with van der Waals surface area (Å²) in [5.74, 6) is 1.03. The molecule has 102 valence electrons. The minimum Gasteiger partial charge on any atom is -0.343 e. The Morgan fingerprint density at radius 2 is 1.76 bits per heavy atom. The van der Waals surface area contributed by atoms with Gasteiger partial charge in [0.2, 0.25) is 5.91 Å². The average molecular weight is 283 g/mol. The van der Waals surface area contributed by atoms with Crippen LogP contribution in [-0.2, 0) is 4.79 Å². The lowest BCUT2D eigenvalue weighted by molar-refractivity contribution is -0.131. The molecule has 1 amide bonds. The maximum Gasteiger partial charge on any atom is 0.222 e. The lowest BCUT2D eigenvalue weighted by atomic mass is 9.96. The Labute approximate surface area is 117 Å². The summed E-state index contributed by atoms with van der Waals surface area (Å²) < 4.78 is 0. The second-order valence-electron chi connectivity index (χ2n) is 4.84. The first-order valence-corrected chi connectivity index (χ1v) is 6.35. The van der Waals surface area contributed by atoms with Crippen molar-refractivity contribution >= 4 is 30.7 Å². The highest BCUT2D eigenvalue weighted by atomic mass is 35.5. The largest absolute Gasteiger partial charge is 0.343 e. The number of carbonyl (C=O) groups is 1. The van der Waals surface area contributed by atoms with Crippen LogP contribution in [0.5, 0.6) is 0 Å². The minimum atomic E-state index is 0. The lowest BCUT2D eigenvalue weighted by Gasteiger charge is -2.19. The first-order valence-electron chi connectivity index (χ1n) is 6.35. The SMILES string of the molecule is Cl.Cl.O=C(CC1CCCNCC1)N1CCCC1. The van der Waals surface area contributed by atoms with Gasteiger partial charge in [-0.3, -0.25) is 4.79 Å². The van der Waals surface area contributed by atoms with Crippen LogP contribution in [0.25, 0.3) is 0 Å². The van der Waals surface area contributed by atoms with Gasteiger partial charge in [-0.15, -0.1) is 24.8 Å². The Kier molecular flexibility index (Phi) is 9.01. The molecule has 0 saturated carbocycles. The van der Waals surface area contributed by atoms with E-state index in [0.717, 1.165) is 32.6 Å². The maximum absolute atomic E-state index is 11.9. The van der Waals surface area contributed by atoms with Gasteiger partial charge in [-0.05, 0) is 51.1 Å². The van der Waals surface area contributed by atoms with E-state index in [4.69, 9.17) is 0 Å². The van der Waals surface area contributed by atoms with Crippen molar-refractivity contribution in [3.05, 3.63) is 0 Å². The number of hydrogen-bond acceptors (Lipinski definition) is 2. The highest BCUT2D eigenvalue weighted by Gasteiger charge is 2.22. The predicted molar refractivity (Wildman–Crippen MR) is 75.1 cm³/mol. The number of likely N-dealkylation sites (tertiary alicyclic amines) is 1. The van der Waals surface area contributed by atoms with Crippen molar-refractivity contribution in [1.29, 1.82) is 0 Å².